The third-order valence-corrected chi connectivity index (χ3v) is 6.45. The van der Waals surface area contributed by atoms with Crippen molar-refractivity contribution in [2.24, 2.45) is 0 Å². The third kappa shape index (κ3) is 4.20. The lowest BCUT2D eigenvalue weighted by atomic mass is 10.1. The largest absolute Gasteiger partial charge is 0.530 e. The van der Waals surface area contributed by atoms with E-state index in [2.05, 4.69) is 12.2 Å². The lowest BCUT2D eigenvalue weighted by molar-refractivity contribution is -0.205. The monoisotopic (exact) mass is 498 g/mol. The van der Waals surface area contributed by atoms with Gasteiger partial charge in [-0.1, -0.05) is 23.8 Å². The number of benzene rings is 1. The predicted molar refractivity (Wildman–Crippen MR) is 102 cm³/mol. The maximum atomic E-state index is 15.2. The van der Waals surface area contributed by atoms with Crippen LogP contribution in [0.25, 0.3) is 0 Å². The van der Waals surface area contributed by atoms with Crippen LogP contribution in [-0.4, -0.2) is 44.4 Å². The fraction of sp³-hybridized carbons (Fsp3) is 0.375. The summed E-state index contributed by atoms with van der Waals surface area (Å²) in [4.78, 5) is 14.0. The maximum Gasteiger partial charge on any atom is 0.530 e. The summed E-state index contributed by atoms with van der Waals surface area (Å²) in [5.74, 6) is -4.05. The number of nitrogens with one attached hydrogen (secondary N) is 1. The van der Waals surface area contributed by atoms with Crippen molar-refractivity contribution in [1.82, 2.24) is 9.55 Å². The van der Waals surface area contributed by atoms with Gasteiger partial charge in [0.25, 0.3) is 5.85 Å². The summed E-state index contributed by atoms with van der Waals surface area (Å²) in [6.07, 6.45) is -5.51. The van der Waals surface area contributed by atoms with Crippen molar-refractivity contribution < 1.29 is 41.9 Å². The molecule has 4 rings (SSSR count). The van der Waals surface area contributed by atoms with E-state index in [9.17, 15) is 24.0 Å². The van der Waals surface area contributed by atoms with Crippen LogP contribution >= 0.6 is 31.6 Å². The van der Waals surface area contributed by atoms with Gasteiger partial charge < -0.3 is 19.5 Å². The first-order chi connectivity index (χ1) is 14.5. The molecule has 10 nitrogen and oxygen atoms in total. The number of aliphatic hydroxyl groups is 2. The highest BCUT2D eigenvalue weighted by Crippen LogP contribution is 2.56. The lowest BCUT2D eigenvalue weighted by Crippen LogP contribution is -2.43. The van der Waals surface area contributed by atoms with Crippen molar-refractivity contribution in [1.29, 1.82) is 0 Å². The number of phosphoric ester groups is 1. The first-order valence-electron chi connectivity index (χ1n) is 8.62. The van der Waals surface area contributed by atoms with Gasteiger partial charge in [0, 0.05) is 10.6 Å². The molecule has 0 aliphatic carbocycles. The molecule has 3 heterocycles. The number of halogens is 3. The molecule has 1 unspecified atom stereocenters. The van der Waals surface area contributed by atoms with Gasteiger partial charge in [0.15, 0.2) is 12.0 Å². The van der Waals surface area contributed by atoms with E-state index in [-0.39, 0.29) is 12.4 Å². The number of aliphatic hydroxyl groups excluding tert-OH is 2. The zero-order chi connectivity index (χ0) is 22.6. The summed E-state index contributed by atoms with van der Waals surface area (Å²) in [6.45, 7) is -1.42. The standard InChI is InChI=1S/C16H14ClF2N2O8PS/c17-8-1-2-10-7(3-8)5-26-30(25,29-10)27-6-16(19)12(23)11(22)14(28-16)21-4-9(18)13(31)20-15(21)24/h1-4,11-12,14,22-23H,5-6H2,(H,20,24,31)/t11-,12+,14-,16-,30?/m1/s1. The second kappa shape index (κ2) is 8.01. The van der Waals surface area contributed by atoms with Gasteiger partial charge in [-0.15, -0.1) is 0 Å². The number of phosphoric acid groups is 1. The minimum absolute atomic E-state index is 0.138. The van der Waals surface area contributed by atoms with Crippen molar-refractivity contribution in [2.45, 2.75) is 30.9 Å². The number of alkyl halides is 1. The van der Waals surface area contributed by atoms with E-state index < -0.39 is 54.9 Å². The number of ether oxygens (including phenoxy) is 1. The number of nitrogens with zero attached hydrogens (tertiary/aromatic N) is 1. The van der Waals surface area contributed by atoms with Gasteiger partial charge in [0.2, 0.25) is 0 Å². The second-order valence-corrected chi connectivity index (χ2v) is 9.15. The number of aromatic nitrogens is 2. The fourth-order valence-electron chi connectivity index (χ4n) is 3.02. The Kier molecular flexibility index (Phi) is 5.82. The Hall–Kier alpha value is -1.70. The Morgan fingerprint density at radius 2 is 2.19 bits per heavy atom. The second-order valence-electron chi connectivity index (χ2n) is 6.71. The van der Waals surface area contributed by atoms with Crippen LogP contribution in [-0.2, 0) is 25.0 Å². The summed E-state index contributed by atoms with van der Waals surface area (Å²) in [7, 11) is -4.32. The van der Waals surface area contributed by atoms with Crippen LogP contribution in [0, 0.1) is 10.5 Å². The average Bonchev–Trinajstić information content (AvgIpc) is 2.94. The Morgan fingerprint density at radius 3 is 2.94 bits per heavy atom. The molecule has 3 N–H and O–H groups in total. The van der Waals surface area contributed by atoms with E-state index in [0.717, 1.165) is 0 Å². The fourth-order valence-corrected chi connectivity index (χ4v) is 4.58. The molecule has 1 aromatic heterocycles. The van der Waals surface area contributed by atoms with Crippen molar-refractivity contribution >= 4 is 31.6 Å². The number of fused-ring (bicyclic) bond motifs is 1. The summed E-state index contributed by atoms with van der Waals surface area (Å²) >= 11 is 10.4. The normalized spacial score (nSPS) is 32.5. The summed E-state index contributed by atoms with van der Waals surface area (Å²) < 4.78 is 61.7. The quantitative estimate of drug-likeness (QED) is 0.429. The van der Waals surface area contributed by atoms with Gasteiger partial charge in [0.1, 0.15) is 29.2 Å². The molecule has 0 bridgehead atoms. The molecule has 2 aliphatic heterocycles. The van der Waals surface area contributed by atoms with Gasteiger partial charge in [-0.2, -0.15) is 0 Å². The molecule has 15 heteroatoms. The molecule has 31 heavy (non-hydrogen) atoms. The smallest absolute Gasteiger partial charge is 0.404 e. The van der Waals surface area contributed by atoms with Crippen LogP contribution in [0.15, 0.2) is 29.2 Å². The zero-order valence-electron chi connectivity index (χ0n) is 15.2. The zero-order valence-corrected chi connectivity index (χ0v) is 17.7. The molecule has 0 amide bonds. The first kappa shape index (κ1) is 22.5. The molecule has 1 fully saturated rings. The molecule has 0 radical (unpaired) electrons. The molecular weight excluding hydrogens is 485 g/mol. The Labute approximate surface area is 182 Å². The van der Waals surface area contributed by atoms with Crippen LogP contribution in [0.1, 0.15) is 11.8 Å². The van der Waals surface area contributed by atoms with Gasteiger partial charge in [-0.3, -0.25) is 18.6 Å². The average molecular weight is 499 g/mol. The van der Waals surface area contributed by atoms with Gasteiger partial charge in [0.05, 0.1) is 12.8 Å². The maximum absolute atomic E-state index is 15.2. The Morgan fingerprint density at radius 1 is 1.45 bits per heavy atom. The lowest BCUT2D eigenvalue weighted by Gasteiger charge is -2.28. The third-order valence-electron chi connectivity index (χ3n) is 4.60. The summed E-state index contributed by atoms with van der Waals surface area (Å²) in [5, 5.41) is 20.7. The van der Waals surface area contributed by atoms with Crippen molar-refractivity contribution in [3.05, 3.63) is 55.9 Å². The van der Waals surface area contributed by atoms with E-state index in [4.69, 9.17) is 29.9 Å². The van der Waals surface area contributed by atoms with E-state index in [0.29, 0.717) is 21.4 Å². The topological polar surface area (TPSA) is 132 Å². The Balaban J connectivity index is 1.52. The molecule has 168 valence electrons. The number of hydrogen-bond acceptors (Lipinski definition) is 9. The van der Waals surface area contributed by atoms with Gasteiger partial charge >= 0.3 is 13.5 Å². The molecule has 5 atom stereocenters. The highest BCUT2D eigenvalue weighted by Gasteiger charge is 2.57. The minimum Gasteiger partial charge on any atom is -0.404 e. The highest BCUT2D eigenvalue weighted by molar-refractivity contribution is 7.71. The highest BCUT2D eigenvalue weighted by atomic mass is 35.5. The molecule has 1 saturated heterocycles. The predicted octanol–water partition coefficient (Wildman–Crippen LogP) is 2.35. The summed E-state index contributed by atoms with van der Waals surface area (Å²) in [5.41, 5.74) is -0.539. The van der Waals surface area contributed by atoms with Crippen LogP contribution in [0.5, 0.6) is 5.75 Å². The van der Waals surface area contributed by atoms with Crippen molar-refractivity contribution in [3.63, 3.8) is 0 Å². The molecule has 0 spiro atoms. The Bertz CT molecular complexity index is 1190. The van der Waals surface area contributed by atoms with Gasteiger partial charge in [-0.25, -0.2) is 18.1 Å². The summed E-state index contributed by atoms with van der Waals surface area (Å²) in [6, 6.07) is 4.41. The number of aromatic amines is 1. The molecule has 0 saturated carbocycles. The van der Waals surface area contributed by atoms with Crippen LogP contribution < -0.4 is 10.2 Å². The van der Waals surface area contributed by atoms with Crippen molar-refractivity contribution in [2.75, 3.05) is 6.61 Å². The molecule has 2 aliphatic rings. The van der Waals surface area contributed by atoms with Crippen molar-refractivity contribution in [3.8, 4) is 5.75 Å². The van der Waals surface area contributed by atoms with E-state index in [1.54, 1.807) is 0 Å². The number of rotatable bonds is 4. The van der Waals surface area contributed by atoms with Crippen LogP contribution in [0.2, 0.25) is 5.02 Å². The van der Waals surface area contributed by atoms with Crippen LogP contribution in [0.4, 0.5) is 8.78 Å². The van der Waals surface area contributed by atoms with E-state index >= 15 is 4.39 Å². The number of H-pyrrole nitrogens is 1. The van der Waals surface area contributed by atoms with E-state index in [1.807, 2.05) is 4.98 Å². The van der Waals surface area contributed by atoms with E-state index in [1.165, 1.54) is 18.2 Å². The number of hydrogen-bond donors (Lipinski definition) is 3. The SMILES string of the molecule is O=c1[nH]c(=S)c(F)cn1[C@@H]1O[C@](F)(COP2(=O)OCc3cc(Cl)ccc3O2)[C@@H](O)[C@H]1O. The molecular formula is C16H14ClF2N2O8PS. The first-order valence-corrected chi connectivity index (χ1v) is 10.9. The molecule has 2 aromatic rings. The van der Waals surface area contributed by atoms with Gasteiger partial charge in [-0.05, 0) is 18.2 Å². The molecule has 1 aromatic carbocycles. The van der Waals surface area contributed by atoms with Crippen LogP contribution in [0.3, 0.4) is 0 Å². The minimum atomic E-state index is -4.32.